The fraction of sp³-hybridized carbons (Fsp3) is 0.150. The van der Waals surface area contributed by atoms with Crippen molar-refractivity contribution in [1.82, 2.24) is 5.32 Å². The number of fused-ring (bicyclic) bond motifs is 1. The van der Waals surface area contributed by atoms with Gasteiger partial charge < -0.3 is 19.5 Å². The van der Waals surface area contributed by atoms with Crippen molar-refractivity contribution in [3.63, 3.8) is 0 Å². The number of barbiturate groups is 1. The molecule has 0 unspecified atom stereocenters. The van der Waals surface area contributed by atoms with E-state index >= 15 is 0 Å². The number of ether oxygens (including phenoxy) is 3. The Labute approximate surface area is 165 Å². The lowest BCUT2D eigenvalue weighted by atomic mass is 10.0. The number of anilines is 2. The highest BCUT2D eigenvalue weighted by Crippen LogP contribution is 2.35. The summed E-state index contributed by atoms with van der Waals surface area (Å²) >= 11 is 0. The van der Waals surface area contributed by atoms with Crippen molar-refractivity contribution < 1.29 is 28.6 Å². The van der Waals surface area contributed by atoms with Crippen LogP contribution in [0.2, 0.25) is 0 Å². The minimum Gasteiger partial charge on any atom is -0.497 e. The van der Waals surface area contributed by atoms with E-state index in [4.69, 9.17) is 14.2 Å². The summed E-state index contributed by atoms with van der Waals surface area (Å²) in [5.41, 5.74) is 0.992. The zero-order chi connectivity index (χ0) is 20.5. The van der Waals surface area contributed by atoms with Gasteiger partial charge in [-0.1, -0.05) is 6.58 Å². The van der Waals surface area contributed by atoms with Gasteiger partial charge >= 0.3 is 6.03 Å². The zero-order valence-corrected chi connectivity index (χ0v) is 15.4. The molecule has 9 nitrogen and oxygen atoms in total. The topological polar surface area (TPSA) is 106 Å². The first-order valence-corrected chi connectivity index (χ1v) is 8.66. The lowest BCUT2D eigenvalue weighted by molar-refractivity contribution is -0.132. The molecule has 2 aromatic rings. The Balaban J connectivity index is 1.56. The highest BCUT2D eigenvalue weighted by Gasteiger charge is 2.43. The second kappa shape index (κ2) is 7.19. The van der Waals surface area contributed by atoms with Crippen LogP contribution < -0.4 is 29.7 Å². The molecule has 29 heavy (non-hydrogen) atoms. The number of hydrogen-bond donors (Lipinski definition) is 2. The maximum Gasteiger partial charge on any atom is 0.335 e. The highest BCUT2D eigenvalue weighted by molar-refractivity contribution is 6.28. The number of hydrogen-bond acceptors (Lipinski definition) is 7. The maximum absolute atomic E-state index is 13.0. The highest BCUT2D eigenvalue weighted by atomic mass is 16.7. The van der Waals surface area contributed by atoms with Gasteiger partial charge in [0.25, 0.3) is 5.91 Å². The number of benzene rings is 2. The van der Waals surface area contributed by atoms with Gasteiger partial charge in [0.15, 0.2) is 17.4 Å². The lowest BCUT2D eigenvalue weighted by Crippen LogP contribution is -2.59. The number of nitrogens with zero attached hydrogens (tertiary/aromatic N) is 1. The zero-order valence-electron chi connectivity index (χ0n) is 15.4. The average Bonchev–Trinajstić information content (AvgIpc) is 3.16. The van der Waals surface area contributed by atoms with E-state index in [-0.39, 0.29) is 12.5 Å². The van der Waals surface area contributed by atoms with E-state index in [2.05, 4.69) is 17.2 Å². The molecule has 1 saturated heterocycles. The molecular weight excluding hydrogens is 378 g/mol. The van der Waals surface area contributed by atoms with E-state index in [1.54, 1.807) is 42.5 Å². The average molecular weight is 395 g/mol. The van der Waals surface area contributed by atoms with E-state index in [0.717, 1.165) is 4.90 Å². The molecule has 2 aliphatic heterocycles. The number of methoxy groups -OCH3 is 1. The first-order chi connectivity index (χ1) is 14.0. The predicted molar refractivity (Wildman–Crippen MR) is 103 cm³/mol. The van der Waals surface area contributed by atoms with Crippen molar-refractivity contribution in [3.8, 4) is 17.2 Å². The number of nitrogens with one attached hydrogen (secondary N) is 2. The van der Waals surface area contributed by atoms with Crippen molar-refractivity contribution in [1.29, 1.82) is 0 Å². The number of rotatable bonds is 5. The summed E-state index contributed by atoms with van der Waals surface area (Å²) in [7, 11) is 1.51. The fourth-order valence-electron chi connectivity index (χ4n) is 3.09. The molecule has 2 heterocycles. The molecular formula is C20H17N3O6. The van der Waals surface area contributed by atoms with Crippen LogP contribution in [0.4, 0.5) is 16.2 Å². The van der Waals surface area contributed by atoms with Gasteiger partial charge in [-0.3, -0.25) is 14.9 Å². The summed E-state index contributed by atoms with van der Waals surface area (Å²) in [4.78, 5) is 38.5. The summed E-state index contributed by atoms with van der Waals surface area (Å²) in [6, 6.07) is 10.6. The van der Waals surface area contributed by atoms with Crippen molar-refractivity contribution in [3.05, 3.63) is 54.7 Å². The molecule has 2 N–H and O–H groups in total. The van der Waals surface area contributed by atoms with Crippen LogP contribution in [0, 0.1) is 5.92 Å². The summed E-state index contributed by atoms with van der Waals surface area (Å²) in [6.07, 6.45) is 0. The number of carbonyl (C=O) groups is 3. The van der Waals surface area contributed by atoms with Crippen LogP contribution in [0.25, 0.3) is 0 Å². The molecule has 0 bridgehead atoms. The lowest BCUT2D eigenvalue weighted by Gasteiger charge is -2.31. The van der Waals surface area contributed by atoms with E-state index in [1.165, 1.54) is 7.11 Å². The van der Waals surface area contributed by atoms with Crippen molar-refractivity contribution in [2.75, 3.05) is 24.1 Å². The molecule has 2 aromatic carbocycles. The summed E-state index contributed by atoms with van der Waals surface area (Å²) < 4.78 is 15.7. The van der Waals surface area contributed by atoms with Crippen molar-refractivity contribution in [2.45, 2.75) is 0 Å². The van der Waals surface area contributed by atoms with Crippen LogP contribution in [-0.2, 0) is 9.59 Å². The summed E-state index contributed by atoms with van der Waals surface area (Å²) in [5, 5.41) is 5.13. The second-order valence-corrected chi connectivity index (χ2v) is 6.32. The Hall–Kier alpha value is -4.01. The van der Waals surface area contributed by atoms with E-state index in [9.17, 15) is 14.4 Å². The quantitative estimate of drug-likeness (QED) is 0.748. The normalized spacial score (nSPS) is 17.8. The summed E-state index contributed by atoms with van der Waals surface area (Å²) in [6.45, 7) is 3.95. The smallest absolute Gasteiger partial charge is 0.335 e. The van der Waals surface area contributed by atoms with Gasteiger partial charge in [-0.25, -0.2) is 9.69 Å². The summed E-state index contributed by atoms with van der Waals surface area (Å²) in [5.74, 6) is -1.04. The van der Waals surface area contributed by atoms with Gasteiger partial charge in [0.2, 0.25) is 12.7 Å². The molecule has 148 valence electrons. The minimum absolute atomic E-state index is 0.123. The van der Waals surface area contributed by atoms with E-state index in [0.29, 0.717) is 28.6 Å². The molecule has 4 amide bonds. The van der Waals surface area contributed by atoms with Gasteiger partial charge in [0.05, 0.1) is 12.8 Å². The van der Waals surface area contributed by atoms with Gasteiger partial charge in [-0.05, 0) is 36.4 Å². The first-order valence-electron chi connectivity index (χ1n) is 8.66. The molecule has 4 rings (SSSR count). The third kappa shape index (κ3) is 3.33. The maximum atomic E-state index is 13.0. The molecule has 0 saturated carbocycles. The van der Waals surface area contributed by atoms with Crippen LogP contribution in [-0.4, -0.2) is 31.7 Å². The molecule has 0 spiro atoms. The number of amides is 4. The third-order valence-corrected chi connectivity index (χ3v) is 4.52. The monoisotopic (exact) mass is 395 g/mol. The Bertz CT molecular complexity index is 1020. The Morgan fingerprint density at radius 3 is 2.59 bits per heavy atom. The Morgan fingerprint density at radius 2 is 1.86 bits per heavy atom. The number of carbonyl (C=O) groups excluding carboxylic acids is 3. The molecule has 0 radical (unpaired) electrons. The molecule has 1 atom stereocenters. The van der Waals surface area contributed by atoms with E-state index < -0.39 is 23.8 Å². The van der Waals surface area contributed by atoms with Gasteiger partial charge in [-0.2, -0.15) is 0 Å². The predicted octanol–water partition coefficient (Wildman–Crippen LogP) is 2.25. The minimum atomic E-state index is -1.29. The van der Waals surface area contributed by atoms with Crippen LogP contribution in [0.5, 0.6) is 17.2 Å². The molecule has 0 aliphatic carbocycles. The Morgan fingerprint density at radius 1 is 1.14 bits per heavy atom. The molecule has 0 aromatic heterocycles. The standard InChI is InChI=1S/C20H17N3O6/c1-11(21-12-3-8-15-16(9-12)29-10-28-15)17-18(24)22-20(26)23(19(17)25)13-4-6-14(27-2)7-5-13/h3-9,17,21H,1,10H2,2H3,(H,22,24,26)/t17-/m0/s1. The van der Waals surface area contributed by atoms with E-state index in [1.807, 2.05) is 0 Å². The number of imide groups is 2. The molecule has 9 heteroatoms. The van der Waals surface area contributed by atoms with Gasteiger partial charge in [0.1, 0.15) is 5.75 Å². The van der Waals surface area contributed by atoms with Gasteiger partial charge in [-0.15, -0.1) is 0 Å². The molecule has 1 fully saturated rings. The Kier molecular flexibility index (Phi) is 4.55. The second-order valence-electron chi connectivity index (χ2n) is 6.32. The SMILES string of the molecule is C=C(Nc1ccc2c(c1)OCO2)[C@H]1C(=O)NC(=O)N(c2ccc(OC)cc2)C1=O. The third-order valence-electron chi connectivity index (χ3n) is 4.52. The van der Waals surface area contributed by atoms with Crippen LogP contribution in [0.15, 0.2) is 54.7 Å². The number of urea groups is 1. The largest absolute Gasteiger partial charge is 0.497 e. The van der Waals surface area contributed by atoms with Crippen LogP contribution in [0.1, 0.15) is 0 Å². The fourth-order valence-corrected chi connectivity index (χ4v) is 3.09. The van der Waals surface area contributed by atoms with Crippen molar-refractivity contribution >= 4 is 29.2 Å². The van der Waals surface area contributed by atoms with Crippen LogP contribution in [0.3, 0.4) is 0 Å². The first kappa shape index (κ1) is 18.4. The van der Waals surface area contributed by atoms with Crippen molar-refractivity contribution in [2.24, 2.45) is 5.92 Å². The van der Waals surface area contributed by atoms with Gasteiger partial charge in [0, 0.05) is 17.5 Å². The molecule has 2 aliphatic rings. The van der Waals surface area contributed by atoms with Crippen LogP contribution >= 0.6 is 0 Å².